The predicted molar refractivity (Wildman–Crippen MR) is 104 cm³/mol. The fraction of sp³-hybridized carbons (Fsp3) is 0.619. The topological polar surface area (TPSA) is 85.1 Å². The highest BCUT2D eigenvalue weighted by Gasteiger charge is 2.31. The summed E-state index contributed by atoms with van der Waals surface area (Å²) < 4.78 is 11.6. The lowest BCUT2D eigenvalue weighted by Crippen LogP contribution is -2.45. The van der Waals surface area contributed by atoms with E-state index in [0.717, 1.165) is 37.3 Å². The molecule has 1 aromatic rings. The molecule has 0 aliphatic carbocycles. The third kappa shape index (κ3) is 4.09. The van der Waals surface area contributed by atoms with Crippen LogP contribution in [0.2, 0.25) is 0 Å². The van der Waals surface area contributed by atoms with Crippen LogP contribution >= 0.6 is 0 Å². The van der Waals surface area contributed by atoms with Crippen LogP contribution in [0.25, 0.3) is 0 Å². The molecule has 0 aromatic heterocycles. The number of benzene rings is 1. The second kappa shape index (κ2) is 8.39. The van der Waals surface area contributed by atoms with Gasteiger partial charge in [-0.25, -0.2) is 0 Å². The van der Waals surface area contributed by atoms with Crippen molar-refractivity contribution in [1.82, 2.24) is 9.80 Å². The molecule has 0 spiro atoms. The zero-order valence-electron chi connectivity index (χ0n) is 16.3. The molecule has 7 heteroatoms. The van der Waals surface area contributed by atoms with E-state index in [0.29, 0.717) is 45.7 Å². The summed E-state index contributed by atoms with van der Waals surface area (Å²) in [5, 5.41) is 0. The lowest BCUT2D eigenvalue weighted by molar-refractivity contribution is -0.136. The van der Waals surface area contributed by atoms with Crippen LogP contribution in [0.4, 0.5) is 0 Å². The fourth-order valence-corrected chi connectivity index (χ4v) is 4.47. The molecule has 2 N–H and O–H groups in total. The Morgan fingerprint density at radius 1 is 1.00 bits per heavy atom. The maximum Gasteiger partial charge on any atom is 0.236 e. The standard InChI is InChI=1S/C21H29N3O4/c22-21(26)15-6-9-23(10-7-15)20(25)14-24-8-1-3-17(24)16-4-5-18-19(13-16)28-12-2-11-27-18/h4-5,13,15,17H,1-3,6-12,14H2,(H2,22,26)/t17-/m0/s1. The number of amides is 2. The van der Waals surface area contributed by atoms with Gasteiger partial charge >= 0.3 is 0 Å². The molecule has 3 aliphatic rings. The highest BCUT2D eigenvalue weighted by molar-refractivity contribution is 5.80. The van der Waals surface area contributed by atoms with Gasteiger partial charge in [-0.15, -0.1) is 0 Å². The minimum atomic E-state index is -0.249. The highest BCUT2D eigenvalue weighted by atomic mass is 16.5. The Balaban J connectivity index is 1.39. The van der Waals surface area contributed by atoms with Gasteiger partial charge in [0.15, 0.2) is 11.5 Å². The van der Waals surface area contributed by atoms with Crippen LogP contribution in [0.1, 0.15) is 43.7 Å². The van der Waals surface area contributed by atoms with Gasteiger partial charge in [0.2, 0.25) is 11.8 Å². The van der Waals surface area contributed by atoms with E-state index in [2.05, 4.69) is 17.0 Å². The Bertz CT molecular complexity index is 730. The molecule has 0 saturated carbocycles. The highest BCUT2D eigenvalue weighted by Crippen LogP contribution is 2.37. The van der Waals surface area contributed by atoms with Crippen molar-refractivity contribution in [3.05, 3.63) is 23.8 Å². The lowest BCUT2D eigenvalue weighted by atomic mass is 9.96. The number of hydrogen-bond acceptors (Lipinski definition) is 5. The van der Waals surface area contributed by atoms with Crippen molar-refractivity contribution in [1.29, 1.82) is 0 Å². The van der Waals surface area contributed by atoms with Crippen molar-refractivity contribution in [2.45, 2.75) is 38.1 Å². The van der Waals surface area contributed by atoms with Crippen molar-refractivity contribution < 1.29 is 19.1 Å². The van der Waals surface area contributed by atoms with Crippen LogP contribution in [-0.2, 0) is 9.59 Å². The molecule has 3 heterocycles. The average Bonchev–Trinajstić information content (AvgIpc) is 3.03. The zero-order valence-corrected chi connectivity index (χ0v) is 16.3. The second-order valence-electron chi connectivity index (χ2n) is 7.94. The summed E-state index contributed by atoms with van der Waals surface area (Å²) >= 11 is 0. The molecule has 0 radical (unpaired) electrons. The predicted octanol–water partition coefficient (Wildman–Crippen LogP) is 1.71. The maximum absolute atomic E-state index is 12.8. The molecule has 28 heavy (non-hydrogen) atoms. The van der Waals surface area contributed by atoms with Gasteiger partial charge in [-0.2, -0.15) is 0 Å². The minimum absolute atomic E-state index is 0.0922. The summed E-state index contributed by atoms with van der Waals surface area (Å²) in [7, 11) is 0. The van der Waals surface area contributed by atoms with E-state index < -0.39 is 0 Å². The van der Waals surface area contributed by atoms with Gasteiger partial charge in [-0.3, -0.25) is 14.5 Å². The van der Waals surface area contributed by atoms with E-state index in [9.17, 15) is 9.59 Å². The number of primary amides is 1. The van der Waals surface area contributed by atoms with Crippen LogP contribution in [0.3, 0.4) is 0 Å². The van der Waals surface area contributed by atoms with Crippen molar-refractivity contribution in [2.24, 2.45) is 11.7 Å². The first-order valence-electron chi connectivity index (χ1n) is 10.3. The van der Waals surface area contributed by atoms with Crippen LogP contribution in [0.15, 0.2) is 18.2 Å². The third-order valence-electron chi connectivity index (χ3n) is 6.11. The molecule has 1 aromatic carbocycles. The minimum Gasteiger partial charge on any atom is -0.490 e. The van der Waals surface area contributed by atoms with Gasteiger partial charge in [0, 0.05) is 31.5 Å². The number of rotatable bonds is 4. The van der Waals surface area contributed by atoms with Crippen molar-refractivity contribution >= 4 is 11.8 Å². The number of ether oxygens (including phenoxy) is 2. The van der Waals surface area contributed by atoms with E-state index in [1.54, 1.807) is 0 Å². The van der Waals surface area contributed by atoms with Crippen molar-refractivity contribution in [3.63, 3.8) is 0 Å². The van der Waals surface area contributed by atoms with Crippen molar-refractivity contribution in [3.8, 4) is 11.5 Å². The summed E-state index contributed by atoms with van der Waals surface area (Å²) in [6.45, 7) is 3.93. The Hall–Kier alpha value is -2.28. The summed E-state index contributed by atoms with van der Waals surface area (Å²) in [6, 6.07) is 6.39. The van der Waals surface area contributed by atoms with Gasteiger partial charge in [0.25, 0.3) is 0 Å². The molecule has 0 unspecified atom stereocenters. The number of carbonyl (C=O) groups is 2. The number of carbonyl (C=O) groups excluding carboxylic acids is 2. The Morgan fingerprint density at radius 3 is 2.50 bits per heavy atom. The number of piperidine rings is 1. The van der Waals surface area contributed by atoms with Gasteiger partial charge in [-0.1, -0.05) is 6.07 Å². The van der Waals surface area contributed by atoms with Gasteiger partial charge in [-0.05, 0) is 49.9 Å². The molecule has 4 rings (SSSR count). The number of fused-ring (bicyclic) bond motifs is 1. The van der Waals surface area contributed by atoms with Crippen LogP contribution in [0, 0.1) is 5.92 Å². The Morgan fingerprint density at radius 2 is 1.75 bits per heavy atom. The molecule has 2 saturated heterocycles. The third-order valence-corrected chi connectivity index (χ3v) is 6.11. The summed E-state index contributed by atoms with van der Waals surface area (Å²) in [5.41, 5.74) is 6.57. The number of nitrogens with two attached hydrogens (primary N) is 1. The van der Waals surface area contributed by atoms with Gasteiger partial charge in [0.05, 0.1) is 19.8 Å². The quantitative estimate of drug-likeness (QED) is 0.850. The fourth-order valence-electron chi connectivity index (χ4n) is 4.47. The molecule has 3 aliphatic heterocycles. The smallest absolute Gasteiger partial charge is 0.236 e. The van der Waals surface area contributed by atoms with Crippen LogP contribution in [-0.4, -0.2) is 61.0 Å². The first-order valence-corrected chi connectivity index (χ1v) is 10.3. The van der Waals surface area contributed by atoms with Crippen molar-refractivity contribution in [2.75, 3.05) is 39.4 Å². The molecule has 0 bridgehead atoms. The van der Waals surface area contributed by atoms with Crippen LogP contribution < -0.4 is 15.2 Å². The number of hydrogen-bond donors (Lipinski definition) is 1. The zero-order chi connectivity index (χ0) is 19.5. The van der Waals surface area contributed by atoms with E-state index >= 15 is 0 Å². The Kier molecular flexibility index (Phi) is 5.71. The maximum atomic E-state index is 12.8. The molecule has 7 nitrogen and oxygen atoms in total. The number of likely N-dealkylation sites (tertiary alicyclic amines) is 2. The second-order valence-corrected chi connectivity index (χ2v) is 7.94. The summed E-state index contributed by atoms with van der Waals surface area (Å²) in [4.78, 5) is 28.3. The lowest BCUT2D eigenvalue weighted by Gasteiger charge is -2.33. The summed E-state index contributed by atoms with van der Waals surface area (Å²) in [5.74, 6) is 1.41. The largest absolute Gasteiger partial charge is 0.490 e. The SMILES string of the molecule is NC(=O)C1CCN(C(=O)CN2CCC[C@H]2c2ccc3c(c2)OCCCO3)CC1. The van der Waals surface area contributed by atoms with Crippen LogP contribution in [0.5, 0.6) is 11.5 Å². The normalized spacial score (nSPS) is 23.4. The number of nitrogens with zero attached hydrogens (tertiary/aromatic N) is 2. The molecule has 1 atom stereocenters. The average molecular weight is 387 g/mol. The first-order chi connectivity index (χ1) is 13.6. The first kappa shape index (κ1) is 19.1. The molecule has 152 valence electrons. The van der Waals surface area contributed by atoms with E-state index in [1.165, 1.54) is 5.56 Å². The van der Waals surface area contributed by atoms with Gasteiger partial charge in [0.1, 0.15) is 0 Å². The monoisotopic (exact) mass is 387 g/mol. The molecular formula is C21H29N3O4. The Labute approximate surface area is 165 Å². The van der Waals surface area contributed by atoms with E-state index in [1.807, 2.05) is 11.0 Å². The van der Waals surface area contributed by atoms with Gasteiger partial charge < -0.3 is 20.1 Å². The molecular weight excluding hydrogens is 358 g/mol. The summed E-state index contributed by atoms with van der Waals surface area (Å²) in [6.07, 6.45) is 4.35. The van der Waals surface area contributed by atoms with E-state index in [-0.39, 0.29) is 23.8 Å². The molecule has 2 amide bonds. The van der Waals surface area contributed by atoms with E-state index in [4.69, 9.17) is 15.2 Å². The molecule has 2 fully saturated rings.